The number of carbonyl (C=O) groups is 2. The van der Waals surface area contributed by atoms with Gasteiger partial charge in [-0.2, -0.15) is 5.10 Å². The van der Waals surface area contributed by atoms with Crippen LogP contribution in [0.15, 0.2) is 36.7 Å². The van der Waals surface area contributed by atoms with Gasteiger partial charge in [-0.15, -0.1) is 12.4 Å². The van der Waals surface area contributed by atoms with E-state index in [0.29, 0.717) is 35.7 Å². The molecule has 1 fully saturated rings. The summed E-state index contributed by atoms with van der Waals surface area (Å²) in [5.74, 6) is -0.349. The van der Waals surface area contributed by atoms with E-state index in [1.165, 1.54) is 0 Å². The number of rotatable bonds is 6. The Balaban J connectivity index is 0.00000280. The smallest absolute Gasteiger partial charge is 0.252 e. The molecule has 2 aromatic rings. The Morgan fingerprint density at radius 2 is 2.07 bits per heavy atom. The van der Waals surface area contributed by atoms with Crippen molar-refractivity contribution in [1.82, 2.24) is 20.4 Å². The monoisotopic (exact) mass is 425 g/mol. The molecule has 0 aliphatic carbocycles. The van der Waals surface area contributed by atoms with Gasteiger partial charge in [-0.1, -0.05) is 18.5 Å². The molecule has 0 atom stereocenters. The third-order valence-corrected chi connectivity index (χ3v) is 5.12. The molecule has 1 aromatic carbocycles. The fourth-order valence-electron chi connectivity index (χ4n) is 3.28. The number of hydrogen-bond donors (Lipinski definition) is 3. The van der Waals surface area contributed by atoms with Gasteiger partial charge in [-0.3, -0.25) is 14.3 Å². The highest BCUT2D eigenvalue weighted by atomic mass is 35.5. The van der Waals surface area contributed by atoms with Gasteiger partial charge < -0.3 is 16.0 Å². The number of halogens is 2. The fourth-order valence-corrected chi connectivity index (χ4v) is 3.55. The summed E-state index contributed by atoms with van der Waals surface area (Å²) in [6, 6.07) is 6.75. The summed E-state index contributed by atoms with van der Waals surface area (Å²) in [7, 11) is 0. The predicted molar refractivity (Wildman–Crippen MR) is 112 cm³/mol. The Morgan fingerprint density at radius 3 is 2.68 bits per heavy atom. The van der Waals surface area contributed by atoms with E-state index in [0.717, 1.165) is 19.5 Å². The summed E-state index contributed by atoms with van der Waals surface area (Å²) in [6.07, 6.45) is 5.63. The average Bonchev–Trinajstić information content (AvgIpc) is 3.22. The molecule has 0 radical (unpaired) electrons. The molecular weight excluding hydrogens is 401 g/mol. The largest absolute Gasteiger partial charge is 0.352 e. The Morgan fingerprint density at radius 1 is 1.32 bits per heavy atom. The zero-order valence-corrected chi connectivity index (χ0v) is 17.3. The lowest BCUT2D eigenvalue weighted by Gasteiger charge is -2.36. The van der Waals surface area contributed by atoms with Crippen LogP contribution in [-0.2, 0) is 10.3 Å². The molecule has 1 aliphatic rings. The van der Waals surface area contributed by atoms with Crippen molar-refractivity contribution in [2.24, 2.45) is 0 Å². The second-order valence-electron chi connectivity index (χ2n) is 6.64. The van der Waals surface area contributed by atoms with Gasteiger partial charge in [0, 0.05) is 24.6 Å². The van der Waals surface area contributed by atoms with Gasteiger partial charge in [0.1, 0.15) is 5.54 Å². The van der Waals surface area contributed by atoms with Gasteiger partial charge in [0.2, 0.25) is 0 Å². The summed E-state index contributed by atoms with van der Waals surface area (Å²) in [5.41, 5.74) is 0.215. The molecule has 0 saturated carbocycles. The molecule has 2 amide bonds. The Hall–Kier alpha value is -2.09. The number of amides is 2. The van der Waals surface area contributed by atoms with Crippen molar-refractivity contribution in [2.45, 2.75) is 31.7 Å². The summed E-state index contributed by atoms with van der Waals surface area (Å²) < 4.78 is 1.73. The number of aromatic nitrogens is 2. The van der Waals surface area contributed by atoms with Crippen LogP contribution in [0.5, 0.6) is 0 Å². The van der Waals surface area contributed by atoms with Gasteiger partial charge in [-0.25, -0.2) is 0 Å². The van der Waals surface area contributed by atoms with Crippen LogP contribution in [0.1, 0.15) is 36.5 Å². The van der Waals surface area contributed by atoms with E-state index in [1.807, 2.05) is 19.2 Å². The first-order chi connectivity index (χ1) is 13.1. The number of piperidine rings is 1. The third-order valence-electron chi connectivity index (χ3n) is 4.80. The number of carbonyl (C=O) groups excluding carboxylic acids is 2. The van der Waals surface area contributed by atoms with Crippen LogP contribution in [0, 0.1) is 0 Å². The molecule has 1 saturated heterocycles. The van der Waals surface area contributed by atoms with Crippen LogP contribution in [0.4, 0.5) is 5.69 Å². The van der Waals surface area contributed by atoms with Crippen LogP contribution in [0.2, 0.25) is 5.02 Å². The van der Waals surface area contributed by atoms with Crippen LogP contribution in [0.3, 0.4) is 0 Å². The first-order valence-corrected chi connectivity index (χ1v) is 9.54. The summed E-state index contributed by atoms with van der Waals surface area (Å²) >= 11 is 6.27. The normalized spacial score (nSPS) is 15.4. The molecule has 1 aromatic heterocycles. The number of anilines is 1. The fraction of sp³-hybridized carbons (Fsp3) is 0.421. The van der Waals surface area contributed by atoms with Gasteiger partial charge in [0.05, 0.1) is 10.6 Å². The van der Waals surface area contributed by atoms with Crippen LogP contribution >= 0.6 is 24.0 Å². The molecule has 3 N–H and O–H groups in total. The van der Waals surface area contributed by atoms with Gasteiger partial charge >= 0.3 is 0 Å². The lowest BCUT2D eigenvalue weighted by Crippen LogP contribution is -2.52. The van der Waals surface area contributed by atoms with Crippen LogP contribution in [0.25, 0.3) is 0 Å². The number of nitrogens with one attached hydrogen (secondary N) is 3. The topological polar surface area (TPSA) is 88.1 Å². The highest BCUT2D eigenvalue weighted by Crippen LogP contribution is 2.29. The highest BCUT2D eigenvalue weighted by molar-refractivity contribution is 6.34. The second-order valence-corrected chi connectivity index (χ2v) is 7.04. The van der Waals surface area contributed by atoms with Gasteiger partial charge in [0.15, 0.2) is 0 Å². The lowest BCUT2D eigenvalue weighted by atomic mass is 9.87. The Kier molecular flexibility index (Phi) is 7.86. The van der Waals surface area contributed by atoms with Crippen molar-refractivity contribution in [3.63, 3.8) is 0 Å². The number of hydrogen-bond acceptors (Lipinski definition) is 4. The SMILES string of the molecule is CCCNC(=O)c1ccc(NC(=O)C2(n3cccn3)CCNCC2)cc1Cl.Cl. The summed E-state index contributed by atoms with van der Waals surface area (Å²) in [5, 5.41) is 13.6. The molecule has 7 nitrogen and oxygen atoms in total. The van der Waals surface area contributed by atoms with E-state index >= 15 is 0 Å². The van der Waals surface area contributed by atoms with Crippen molar-refractivity contribution in [3.05, 3.63) is 47.2 Å². The van der Waals surface area contributed by atoms with E-state index in [1.54, 1.807) is 29.1 Å². The molecule has 28 heavy (non-hydrogen) atoms. The second kappa shape index (κ2) is 9.91. The molecule has 152 valence electrons. The lowest BCUT2D eigenvalue weighted by molar-refractivity contribution is -0.126. The van der Waals surface area contributed by atoms with E-state index in [-0.39, 0.29) is 24.2 Å². The highest BCUT2D eigenvalue weighted by Gasteiger charge is 2.42. The molecule has 9 heteroatoms. The summed E-state index contributed by atoms with van der Waals surface area (Å²) in [6.45, 7) is 4.06. The van der Waals surface area contributed by atoms with Gasteiger partial charge in [-0.05, 0) is 56.6 Å². The van der Waals surface area contributed by atoms with Crippen molar-refractivity contribution < 1.29 is 9.59 Å². The molecule has 0 unspecified atom stereocenters. The van der Waals surface area contributed by atoms with E-state index in [2.05, 4.69) is 21.0 Å². The molecule has 2 heterocycles. The van der Waals surface area contributed by atoms with E-state index in [9.17, 15) is 9.59 Å². The zero-order chi connectivity index (χ0) is 19.3. The van der Waals surface area contributed by atoms with Crippen LogP contribution < -0.4 is 16.0 Å². The standard InChI is InChI=1S/C19H24ClN5O2.ClH/c1-2-8-22-17(26)15-5-4-14(13-16(15)20)24-18(27)19(6-10-21-11-7-19)25-12-3-9-23-25;/h3-5,9,12-13,21H,2,6-8,10-11H2,1H3,(H,22,26)(H,24,27);1H. The Bertz CT molecular complexity index is 805. The summed E-state index contributed by atoms with van der Waals surface area (Å²) in [4.78, 5) is 25.2. The van der Waals surface area contributed by atoms with E-state index < -0.39 is 5.54 Å². The number of nitrogens with zero attached hydrogens (tertiary/aromatic N) is 2. The molecule has 3 rings (SSSR count). The van der Waals surface area contributed by atoms with E-state index in [4.69, 9.17) is 11.6 Å². The first kappa shape index (κ1) is 22.2. The van der Waals surface area contributed by atoms with Gasteiger partial charge in [0.25, 0.3) is 11.8 Å². The average molecular weight is 426 g/mol. The minimum absolute atomic E-state index is 0. The minimum atomic E-state index is -0.738. The molecule has 0 spiro atoms. The molecular formula is C19H25Cl2N5O2. The van der Waals surface area contributed by atoms with Crippen LogP contribution in [-0.4, -0.2) is 41.2 Å². The number of benzene rings is 1. The maximum absolute atomic E-state index is 13.1. The van der Waals surface area contributed by atoms with Crippen molar-refractivity contribution in [2.75, 3.05) is 25.0 Å². The predicted octanol–water partition coefficient (Wildman–Crippen LogP) is 2.82. The van der Waals surface area contributed by atoms with Crippen molar-refractivity contribution in [1.29, 1.82) is 0 Å². The van der Waals surface area contributed by atoms with Crippen molar-refractivity contribution >= 4 is 41.5 Å². The first-order valence-electron chi connectivity index (χ1n) is 9.17. The minimum Gasteiger partial charge on any atom is -0.352 e. The molecule has 1 aliphatic heterocycles. The third kappa shape index (κ3) is 4.66. The Labute approximate surface area is 175 Å². The maximum atomic E-state index is 13.1. The van der Waals surface area contributed by atoms with Crippen molar-refractivity contribution in [3.8, 4) is 0 Å². The maximum Gasteiger partial charge on any atom is 0.252 e. The zero-order valence-electron chi connectivity index (χ0n) is 15.7. The molecule has 0 bridgehead atoms. The quantitative estimate of drug-likeness (QED) is 0.663.